The number of piperazine rings is 1. The molecule has 1 saturated carbocycles. The van der Waals surface area contributed by atoms with E-state index in [1.165, 1.54) is 4.90 Å². The summed E-state index contributed by atoms with van der Waals surface area (Å²) in [6, 6.07) is 2.00. The molecule has 0 unspecified atom stereocenters. The zero-order valence-electron chi connectivity index (χ0n) is 16.9. The minimum atomic E-state index is -4.58. The second kappa shape index (κ2) is 9.08. The molecule has 1 aromatic carbocycles. The normalized spacial score (nSPS) is 23.8. The fraction of sp³-hybridized carbons (Fsp3) is 0.632. The highest BCUT2D eigenvalue weighted by Gasteiger charge is 2.42. The second-order valence-electron chi connectivity index (χ2n) is 7.96. The summed E-state index contributed by atoms with van der Waals surface area (Å²) in [7, 11) is -4.04. The third-order valence-electron chi connectivity index (χ3n) is 5.81. The van der Waals surface area contributed by atoms with Gasteiger partial charge in [0.25, 0.3) is 0 Å². The van der Waals surface area contributed by atoms with Gasteiger partial charge >= 0.3 is 18.4 Å². The minimum absolute atomic E-state index is 0.0150. The van der Waals surface area contributed by atoms with Gasteiger partial charge in [-0.15, -0.1) is 0 Å². The van der Waals surface area contributed by atoms with Crippen LogP contribution in [0.1, 0.15) is 31.2 Å². The van der Waals surface area contributed by atoms with E-state index in [-0.39, 0.29) is 43.9 Å². The van der Waals surface area contributed by atoms with E-state index in [9.17, 15) is 39.6 Å². The Hall–Kier alpha value is -2.02. The fourth-order valence-corrected chi connectivity index (χ4v) is 5.40. The molecule has 1 aromatic rings. The smallest absolute Gasteiger partial charge is 0.335 e. The van der Waals surface area contributed by atoms with E-state index >= 15 is 0 Å². The van der Waals surface area contributed by atoms with Crippen LogP contribution in [0.2, 0.25) is 0 Å². The van der Waals surface area contributed by atoms with Crippen LogP contribution in [0.5, 0.6) is 0 Å². The number of alkyl halides is 6. The summed E-state index contributed by atoms with van der Waals surface area (Å²) in [5.74, 6) is -1.45. The lowest BCUT2D eigenvalue weighted by Gasteiger charge is -2.36. The third-order valence-corrected chi connectivity index (χ3v) is 7.72. The van der Waals surface area contributed by atoms with Crippen molar-refractivity contribution in [2.75, 3.05) is 26.2 Å². The standard InChI is InChI=1S/C19H23F6N3O3S/c20-18(21,22)13-4-6-16(7-5-13)32(30,31)28-10-8-27(9-11-28)17(29)26-15-3-1-2-14(12-15)19(23,24)25/h4-7,14-15H,1-3,8-12H2,(H,26,29)/t14-,15+/m1/s1. The van der Waals surface area contributed by atoms with Crippen molar-refractivity contribution in [1.82, 2.24) is 14.5 Å². The quantitative estimate of drug-likeness (QED) is 0.659. The van der Waals surface area contributed by atoms with Crippen molar-refractivity contribution in [3.63, 3.8) is 0 Å². The monoisotopic (exact) mass is 487 g/mol. The van der Waals surface area contributed by atoms with Crippen LogP contribution < -0.4 is 5.32 Å². The Morgan fingerprint density at radius 2 is 1.53 bits per heavy atom. The van der Waals surface area contributed by atoms with Crippen molar-refractivity contribution in [3.8, 4) is 0 Å². The van der Waals surface area contributed by atoms with E-state index in [2.05, 4.69) is 5.32 Å². The Morgan fingerprint density at radius 3 is 2.06 bits per heavy atom. The highest BCUT2D eigenvalue weighted by atomic mass is 32.2. The summed E-state index contributed by atoms with van der Waals surface area (Å²) in [6.07, 6.45) is -8.23. The number of nitrogens with one attached hydrogen (secondary N) is 1. The topological polar surface area (TPSA) is 69.7 Å². The Kier molecular flexibility index (Phi) is 6.99. The van der Waals surface area contributed by atoms with Gasteiger partial charge in [0.05, 0.1) is 16.4 Å². The van der Waals surface area contributed by atoms with E-state index < -0.39 is 45.9 Å². The van der Waals surface area contributed by atoms with E-state index in [4.69, 9.17) is 0 Å². The molecule has 0 aromatic heterocycles. The molecule has 1 aliphatic heterocycles. The molecule has 1 aliphatic carbocycles. The Balaban J connectivity index is 1.55. The molecule has 1 saturated heterocycles. The molecular formula is C19H23F6N3O3S. The molecule has 1 heterocycles. The molecule has 2 amide bonds. The predicted molar refractivity (Wildman–Crippen MR) is 102 cm³/mol. The number of carbonyl (C=O) groups excluding carboxylic acids is 1. The molecule has 6 nitrogen and oxygen atoms in total. The van der Waals surface area contributed by atoms with E-state index in [1.54, 1.807) is 0 Å². The summed E-state index contributed by atoms with van der Waals surface area (Å²) in [4.78, 5) is 13.5. The summed E-state index contributed by atoms with van der Waals surface area (Å²) in [5, 5.41) is 2.61. The number of urea groups is 1. The maximum Gasteiger partial charge on any atom is 0.416 e. The molecular weight excluding hydrogens is 464 g/mol. The summed E-state index contributed by atoms with van der Waals surface area (Å²) in [5.41, 5.74) is -0.964. The van der Waals surface area contributed by atoms with Gasteiger partial charge in [-0.05, 0) is 43.5 Å². The van der Waals surface area contributed by atoms with E-state index in [0.717, 1.165) is 16.4 Å². The first-order chi connectivity index (χ1) is 14.8. The zero-order valence-corrected chi connectivity index (χ0v) is 17.7. The Bertz CT molecular complexity index is 910. The molecule has 0 bridgehead atoms. The molecule has 2 fully saturated rings. The number of carbonyl (C=O) groups is 1. The first-order valence-corrected chi connectivity index (χ1v) is 11.5. The van der Waals surface area contributed by atoms with Crippen LogP contribution in [-0.2, 0) is 16.2 Å². The third kappa shape index (κ3) is 5.66. The molecule has 2 atom stereocenters. The van der Waals surface area contributed by atoms with Crippen molar-refractivity contribution in [1.29, 1.82) is 0 Å². The maximum atomic E-state index is 12.9. The highest BCUT2D eigenvalue weighted by Crippen LogP contribution is 2.37. The highest BCUT2D eigenvalue weighted by molar-refractivity contribution is 7.89. The van der Waals surface area contributed by atoms with Gasteiger partial charge in [-0.2, -0.15) is 30.6 Å². The van der Waals surface area contributed by atoms with Crippen LogP contribution >= 0.6 is 0 Å². The second-order valence-corrected chi connectivity index (χ2v) is 9.90. The van der Waals surface area contributed by atoms with E-state index in [0.29, 0.717) is 25.0 Å². The van der Waals surface area contributed by atoms with Gasteiger partial charge in [-0.25, -0.2) is 13.2 Å². The summed E-state index contributed by atoms with van der Waals surface area (Å²) in [6.45, 7) is -0.124. The van der Waals surface area contributed by atoms with Crippen molar-refractivity contribution in [2.45, 2.75) is 49.0 Å². The van der Waals surface area contributed by atoms with Crippen molar-refractivity contribution in [2.24, 2.45) is 5.92 Å². The first kappa shape index (κ1) is 24.6. The number of nitrogens with zero attached hydrogens (tertiary/aromatic N) is 2. The molecule has 3 rings (SSSR count). The van der Waals surface area contributed by atoms with Gasteiger partial charge in [0.2, 0.25) is 10.0 Å². The van der Waals surface area contributed by atoms with Gasteiger partial charge in [0.15, 0.2) is 0 Å². The van der Waals surface area contributed by atoms with Crippen LogP contribution in [-0.4, -0.2) is 62.1 Å². The number of sulfonamides is 1. The first-order valence-electron chi connectivity index (χ1n) is 10.1. The molecule has 1 N–H and O–H groups in total. The van der Waals surface area contributed by atoms with Crippen LogP contribution in [0.25, 0.3) is 0 Å². The average Bonchev–Trinajstić information content (AvgIpc) is 2.73. The van der Waals surface area contributed by atoms with Gasteiger partial charge in [-0.1, -0.05) is 6.42 Å². The van der Waals surface area contributed by atoms with Crippen LogP contribution in [0, 0.1) is 5.92 Å². The number of hydrogen-bond donors (Lipinski definition) is 1. The molecule has 2 aliphatic rings. The Labute approximate surface area is 181 Å². The predicted octanol–water partition coefficient (Wildman–Crippen LogP) is 3.84. The SMILES string of the molecule is O=C(N[C@H]1CCC[C@@H](C(F)(F)F)C1)N1CCN(S(=O)(=O)c2ccc(C(F)(F)F)cc2)CC1. The fourth-order valence-electron chi connectivity index (χ4n) is 3.98. The van der Waals surface area contributed by atoms with Gasteiger partial charge < -0.3 is 10.2 Å². The molecule has 13 heteroatoms. The van der Waals surface area contributed by atoms with Crippen LogP contribution in [0.4, 0.5) is 31.1 Å². The molecule has 32 heavy (non-hydrogen) atoms. The summed E-state index contributed by atoms with van der Waals surface area (Å²) < 4.78 is 103. The molecule has 0 radical (unpaired) electrons. The lowest BCUT2D eigenvalue weighted by atomic mass is 9.85. The van der Waals surface area contributed by atoms with Crippen molar-refractivity contribution >= 4 is 16.1 Å². The number of rotatable bonds is 3. The van der Waals surface area contributed by atoms with Crippen molar-refractivity contribution in [3.05, 3.63) is 29.8 Å². The lowest BCUT2D eigenvalue weighted by molar-refractivity contribution is -0.183. The largest absolute Gasteiger partial charge is 0.416 e. The van der Waals surface area contributed by atoms with E-state index in [1.807, 2.05) is 0 Å². The van der Waals surface area contributed by atoms with Crippen molar-refractivity contribution < 1.29 is 39.6 Å². The number of hydrogen-bond acceptors (Lipinski definition) is 3. The summed E-state index contributed by atoms with van der Waals surface area (Å²) >= 11 is 0. The number of amides is 2. The molecule has 180 valence electrons. The van der Waals surface area contributed by atoms with Gasteiger partial charge in [-0.3, -0.25) is 0 Å². The lowest BCUT2D eigenvalue weighted by Crippen LogP contribution is -2.55. The number of benzene rings is 1. The van der Waals surface area contributed by atoms with Gasteiger partial charge in [0.1, 0.15) is 0 Å². The van der Waals surface area contributed by atoms with Crippen LogP contribution in [0.3, 0.4) is 0 Å². The van der Waals surface area contributed by atoms with Crippen LogP contribution in [0.15, 0.2) is 29.2 Å². The molecule has 0 spiro atoms. The van der Waals surface area contributed by atoms with Gasteiger partial charge in [0, 0.05) is 32.2 Å². The maximum absolute atomic E-state index is 12.9. The number of halogens is 6. The zero-order chi connectivity index (χ0) is 23.7. The average molecular weight is 487 g/mol. The minimum Gasteiger partial charge on any atom is -0.335 e. The Morgan fingerprint density at radius 1 is 0.938 bits per heavy atom.